The van der Waals surface area contributed by atoms with Gasteiger partial charge in [0.1, 0.15) is 0 Å². The average molecular weight is 305 g/mol. The Morgan fingerprint density at radius 2 is 1.77 bits per heavy atom. The predicted molar refractivity (Wildman–Crippen MR) is 85.1 cm³/mol. The summed E-state index contributed by atoms with van der Waals surface area (Å²) in [5.74, 6) is 0. The summed E-state index contributed by atoms with van der Waals surface area (Å²) in [6, 6.07) is 5.81. The summed E-state index contributed by atoms with van der Waals surface area (Å²) in [6.07, 6.45) is 0.409. The van der Waals surface area contributed by atoms with Crippen molar-refractivity contribution in [1.82, 2.24) is 9.80 Å². The van der Waals surface area contributed by atoms with Crippen molar-refractivity contribution in [2.75, 3.05) is 38.6 Å². The van der Waals surface area contributed by atoms with Crippen LogP contribution in [0.15, 0.2) is 18.2 Å². The van der Waals surface area contributed by atoms with Crippen LogP contribution in [0.25, 0.3) is 0 Å². The Labute approximate surface area is 131 Å². The quantitative estimate of drug-likeness (QED) is 0.867. The molecular weight excluding hydrogens is 282 g/mol. The zero-order chi connectivity index (χ0) is 16.1. The number of ether oxygens (including phenoxy) is 1. The first-order valence-electron chi connectivity index (χ1n) is 7.47. The predicted octanol–water partition coefficient (Wildman–Crippen LogP) is 2.61. The Balaban J connectivity index is 1.96. The van der Waals surface area contributed by atoms with E-state index in [2.05, 4.69) is 5.32 Å². The number of carbonyl (C=O) groups excluding carboxylic acids is 2. The highest BCUT2D eigenvalue weighted by Crippen LogP contribution is 2.17. The van der Waals surface area contributed by atoms with E-state index in [0.717, 1.165) is 17.7 Å². The van der Waals surface area contributed by atoms with Crippen LogP contribution in [0, 0.1) is 13.8 Å². The van der Waals surface area contributed by atoms with E-state index in [1.807, 2.05) is 32.0 Å². The van der Waals surface area contributed by atoms with Gasteiger partial charge in [0.05, 0.1) is 7.11 Å². The van der Waals surface area contributed by atoms with Crippen molar-refractivity contribution >= 4 is 17.8 Å². The van der Waals surface area contributed by atoms with Crippen LogP contribution in [0.5, 0.6) is 0 Å². The molecule has 0 atom stereocenters. The van der Waals surface area contributed by atoms with Crippen molar-refractivity contribution in [3.63, 3.8) is 0 Å². The fourth-order valence-corrected chi connectivity index (χ4v) is 2.58. The Morgan fingerprint density at radius 1 is 1.09 bits per heavy atom. The van der Waals surface area contributed by atoms with Crippen molar-refractivity contribution in [1.29, 1.82) is 0 Å². The Kier molecular flexibility index (Phi) is 5.25. The summed E-state index contributed by atoms with van der Waals surface area (Å²) < 4.78 is 4.73. The summed E-state index contributed by atoms with van der Waals surface area (Å²) in [7, 11) is 1.37. The molecule has 1 aromatic carbocycles. The number of amides is 3. The molecule has 0 unspecified atom stereocenters. The molecule has 1 aliphatic heterocycles. The van der Waals surface area contributed by atoms with Gasteiger partial charge in [-0.15, -0.1) is 0 Å². The number of benzene rings is 1. The highest BCUT2D eigenvalue weighted by molar-refractivity contribution is 5.90. The minimum Gasteiger partial charge on any atom is -0.453 e. The molecule has 1 aliphatic rings. The number of hydrogen-bond donors (Lipinski definition) is 1. The first-order valence-corrected chi connectivity index (χ1v) is 7.47. The molecule has 0 bridgehead atoms. The summed E-state index contributed by atoms with van der Waals surface area (Å²) in [4.78, 5) is 27.3. The molecule has 6 nitrogen and oxygen atoms in total. The summed E-state index contributed by atoms with van der Waals surface area (Å²) >= 11 is 0. The molecule has 1 fully saturated rings. The topological polar surface area (TPSA) is 61.9 Å². The van der Waals surface area contributed by atoms with Crippen molar-refractivity contribution in [3.05, 3.63) is 29.3 Å². The molecule has 3 amide bonds. The maximum Gasteiger partial charge on any atom is 0.409 e. The molecule has 120 valence electrons. The number of nitrogens with zero attached hydrogens (tertiary/aromatic N) is 2. The van der Waals surface area contributed by atoms with Crippen LogP contribution >= 0.6 is 0 Å². The lowest BCUT2D eigenvalue weighted by molar-refractivity contribution is 0.125. The molecule has 1 N–H and O–H groups in total. The number of urea groups is 1. The van der Waals surface area contributed by atoms with Gasteiger partial charge in [-0.1, -0.05) is 17.7 Å². The first-order chi connectivity index (χ1) is 10.5. The first kappa shape index (κ1) is 16.1. The molecule has 22 heavy (non-hydrogen) atoms. The van der Waals surface area contributed by atoms with E-state index in [-0.39, 0.29) is 12.1 Å². The molecule has 0 aromatic heterocycles. The second kappa shape index (κ2) is 7.15. The van der Waals surface area contributed by atoms with Crippen LogP contribution in [0.3, 0.4) is 0 Å². The van der Waals surface area contributed by atoms with Crippen LogP contribution in [-0.4, -0.2) is 55.2 Å². The van der Waals surface area contributed by atoms with Crippen LogP contribution in [0.4, 0.5) is 15.3 Å². The summed E-state index contributed by atoms with van der Waals surface area (Å²) in [5, 5.41) is 2.95. The second-order valence-electron chi connectivity index (χ2n) is 5.55. The maximum absolute atomic E-state index is 12.4. The third kappa shape index (κ3) is 3.90. The van der Waals surface area contributed by atoms with E-state index >= 15 is 0 Å². The minimum absolute atomic E-state index is 0.126. The largest absolute Gasteiger partial charge is 0.453 e. The lowest BCUT2D eigenvalue weighted by Crippen LogP contribution is -2.39. The fourth-order valence-electron chi connectivity index (χ4n) is 2.58. The van der Waals surface area contributed by atoms with Crippen LogP contribution in [0.2, 0.25) is 0 Å². The normalized spacial score (nSPS) is 15.2. The van der Waals surface area contributed by atoms with E-state index in [0.29, 0.717) is 26.2 Å². The van der Waals surface area contributed by atoms with Gasteiger partial charge in [0.15, 0.2) is 0 Å². The smallest absolute Gasteiger partial charge is 0.409 e. The number of hydrogen-bond acceptors (Lipinski definition) is 3. The molecule has 0 aliphatic carbocycles. The van der Waals surface area contributed by atoms with Crippen molar-refractivity contribution < 1.29 is 14.3 Å². The number of carbonyl (C=O) groups is 2. The van der Waals surface area contributed by atoms with Crippen LogP contribution < -0.4 is 5.32 Å². The number of methoxy groups -OCH3 is 1. The monoisotopic (exact) mass is 305 g/mol. The SMILES string of the molecule is COC(=O)N1CCCN(C(=O)Nc2ccc(C)cc2C)CC1. The van der Waals surface area contributed by atoms with Gasteiger partial charge in [-0.05, 0) is 31.9 Å². The molecule has 1 aromatic rings. The van der Waals surface area contributed by atoms with Gasteiger partial charge in [0.25, 0.3) is 0 Å². The van der Waals surface area contributed by atoms with Gasteiger partial charge in [-0.25, -0.2) is 9.59 Å². The second-order valence-corrected chi connectivity index (χ2v) is 5.55. The molecule has 6 heteroatoms. The lowest BCUT2D eigenvalue weighted by Gasteiger charge is -2.22. The molecule has 1 saturated heterocycles. The zero-order valence-corrected chi connectivity index (χ0v) is 13.4. The number of nitrogens with one attached hydrogen (secondary N) is 1. The summed E-state index contributed by atoms with van der Waals surface area (Å²) in [5.41, 5.74) is 3.03. The molecule has 0 radical (unpaired) electrons. The van der Waals surface area contributed by atoms with E-state index in [9.17, 15) is 9.59 Å². The number of rotatable bonds is 1. The van der Waals surface area contributed by atoms with Crippen LogP contribution in [0.1, 0.15) is 17.5 Å². The molecule has 0 saturated carbocycles. The summed E-state index contributed by atoms with van der Waals surface area (Å²) in [6.45, 7) is 6.24. The average Bonchev–Trinajstić information content (AvgIpc) is 2.75. The Morgan fingerprint density at radius 3 is 2.45 bits per heavy atom. The molecule has 1 heterocycles. The van der Waals surface area contributed by atoms with Crippen molar-refractivity contribution in [2.24, 2.45) is 0 Å². The molecule has 0 spiro atoms. The van der Waals surface area contributed by atoms with Gasteiger partial charge in [-0.3, -0.25) is 0 Å². The van der Waals surface area contributed by atoms with E-state index in [4.69, 9.17) is 4.74 Å². The standard InChI is InChI=1S/C16H23N3O3/c1-12-5-6-14(13(2)11-12)17-15(20)18-7-4-8-19(10-9-18)16(21)22-3/h5-6,11H,4,7-10H2,1-3H3,(H,17,20). The van der Waals surface area contributed by atoms with Gasteiger partial charge in [0.2, 0.25) is 0 Å². The van der Waals surface area contributed by atoms with Gasteiger partial charge in [0, 0.05) is 31.9 Å². The molecular formula is C16H23N3O3. The number of aryl methyl sites for hydroxylation is 2. The minimum atomic E-state index is -0.336. The van der Waals surface area contributed by atoms with Crippen molar-refractivity contribution in [3.8, 4) is 0 Å². The highest BCUT2D eigenvalue weighted by Gasteiger charge is 2.22. The van der Waals surface area contributed by atoms with E-state index < -0.39 is 0 Å². The third-order valence-electron chi connectivity index (χ3n) is 3.84. The lowest BCUT2D eigenvalue weighted by atomic mass is 10.1. The van der Waals surface area contributed by atoms with Crippen molar-refractivity contribution in [2.45, 2.75) is 20.3 Å². The van der Waals surface area contributed by atoms with Crippen LogP contribution in [-0.2, 0) is 4.74 Å². The molecule has 2 rings (SSSR count). The van der Waals surface area contributed by atoms with Gasteiger partial charge < -0.3 is 19.9 Å². The Hall–Kier alpha value is -2.24. The number of anilines is 1. The maximum atomic E-state index is 12.4. The Bertz CT molecular complexity index is 560. The zero-order valence-electron chi connectivity index (χ0n) is 13.4. The van der Waals surface area contributed by atoms with Gasteiger partial charge in [-0.2, -0.15) is 0 Å². The van der Waals surface area contributed by atoms with E-state index in [1.54, 1.807) is 9.80 Å². The highest BCUT2D eigenvalue weighted by atomic mass is 16.5. The fraction of sp³-hybridized carbons (Fsp3) is 0.500. The third-order valence-corrected chi connectivity index (χ3v) is 3.84. The van der Waals surface area contributed by atoms with E-state index in [1.165, 1.54) is 12.7 Å². The van der Waals surface area contributed by atoms with Gasteiger partial charge >= 0.3 is 12.1 Å².